The van der Waals surface area contributed by atoms with Crippen molar-refractivity contribution in [1.29, 1.82) is 0 Å². The van der Waals surface area contributed by atoms with E-state index in [2.05, 4.69) is 20.8 Å². The van der Waals surface area contributed by atoms with Crippen molar-refractivity contribution >= 4 is 57.1 Å². The smallest absolute Gasteiger partial charge is 0.330 e. The number of aryl methyl sites for hydroxylation is 1. The average molecular weight is 459 g/mol. The number of thioether (sulfide) groups is 1. The van der Waals surface area contributed by atoms with E-state index in [1.807, 2.05) is 31.2 Å². The predicted octanol–water partition coefficient (Wildman–Crippen LogP) is 5.99. The lowest BCUT2D eigenvalue weighted by Crippen LogP contribution is -2.18. The van der Waals surface area contributed by atoms with Crippen molar-refractivity contribution in [2.24, 2.45) is 0 Å². The first kappa shape index (κ1) is 21.4. The fourth-order valence-corrected chi connectivity index (χ4v) is 4.15. The summed E-state index contributed by atoms with van der Waals surface area (Å²) in [4.78, 5) is 12.1. The lowest BCUT2D eigenvalue weighted by Gasteiger charge is -2.14. The highest BCUT2D eigenvalue weighted by Crippen LogP contribution is 2.38. The first-order valence-corrected chi connectivity index (χ1v) is 10.4. The molecule has 1 amide bonds. The number of anilines is 3. The molecule has 3 aromatic rings. The van der Waals surface area contributed by atoms with Gasteiger partial charge in [-0.15, -0.1) is 10.2 Å². The number of carbonyl (C=O) groups is 1. The fraction of sp³-hybridized carbons (Fsp3) is 0.167. The number of hydrogen-bond acceptors (Lipinski definition) is 6. The zero-order valence-electron chi connectivity index (χ0n) is 14.9. The van der Waals surface area contributed by atoms with Gasteiger partial charge in [-0.3, -0.25) is 4.79 Å². The predicted molar refractivity (Wildman–Crippen MR) is 110 cm³/mol. The van der Waals surface area contributed by atoms with Crippen LogP contribution in [-0.2, 0) is 11.0 Å². The molecule has 0 saturated carbocycles. The van der Waals surface area contributed by atoms with E-state index in [1.54, 1.807) is 0 Å². The average Bonchev–Trinajstić information content (AvgIpc) is 3.08. The molecule has 0 fully saturated rings. The van der Waals surface area contributed by atoms with E-state index in [0.29, 0.717) is 9.47 Å². The Balaban J connectivity index is 1.60. The summed E-state index contributed by atoms with van der Waals surface area (Å²) in [6, 6.07) is 11.0. The Hall–Kier alpha value is -2.30. The van der Waals surface area contributed by atoms with Gasteiger partial charge in [-0.2, -0.15) is 13.2 Å². The van der Waals surface area contributed by atoms with Crippen molar-refractivity contribution in [2.45, 2.75) is 17.4 Å². The number of nitrogens with one attached hydrogen (secondary N) is 2. The minimum Gasteiger partial charge on any atom is -0.330 e. The number of hydrogen-bond donors (Lipinski definition) is 2. The van der Waals surface area contributed by atoms with Crippen LogP contribution in [0.4, 0.5) is 29.7 Å². The van der Waals surface area contributed by atoms with Crippen LogP contribution in [0.5, 0.6) is 0 Å². The van der Waals surface area contributed by atoms with Gasteiger partial charge in [-0.05, 0) is 36.8 Å². The number of para-hydroxylation sites is 1. The van der Waals surface area contributed by atoms with Crippen LogP contribution in [0.1, 0.15) is 11.1 Å². The van der Waals surface area contributed by atoms with Crippen molar-refractivity contribution in [3.63, 3.8) is 0 Å². The first-order chi connectivity index (χ1) is 13.7. The quantitative estimate of drug-likeness (QED) is 0.444. The van der Waals surface area contributed by atoms with E-state index in [9.17, 15) is 18.0 Å². The molecule has 0 spiro atoms. The molecule has 0 aliphatic carbocycles. The van der Waals surface area contributed by atoms with E-state index in [4.69, 9.17) is 11.6 Å². The van der Waals surface area contributed by atoms with Crippen molar-refractivity contribution in [1.82, 2.24) is 10.2 Å². The molecule has 3 rings (SSSR count). The van der Waals surface area contributed by atoms with Gasteiger partial charge in [0.1, 0.15) is 0 Å². The van der Waals surface area contributed by atoms with Gasteiger partial charge in [0, 0.05) is 5.69 Å². The first-order valence-electron chi connectivity index (χ1n) is 8.18. The maximum Gasteiger partial charge on any atom is 0.418 e. The molecule has 5 nitrogen and oxygen atoms in total. The molecule has 0 saturated heterocycles. The lowest BCUT2D eigenvalue weighted by atomic mass is 10.1. The topological polar surface area (TPSA) is 66.9 Å². The van der Waals surface area contributed by atoms with Gasteiger partial charge in [-0.1, -0.05) is 52.9 Å². The van der Waals surface area contributed by atoms with E-state index in [1.165, 1.54) is 23.5 Å². The molecule has 11 heteroatoms. The zero-order chi connectivity index (χ0) is 21.0. The van der Waals surface area contributed by atoms with Crippen LogP contribution in [0.2, 0.25) is 5.02 Å². The Morgan fingerprint density at radius 2 is 1.97 bits per heavy atom. The monoisotopic (exact) mass is 458 g/mol. The number of amides is 1. The molecule has 0 aliphatic heterocycles. The summed E-state index contributed by atoms with van der Waals surface area (Å²) in [6.45, 7) is 1.97. The Kier molecular flexibility index (Phi) is 6.66. The van der Waals surface area contributed by atoms with Crippen LogP contribution in [0.25, 0.3) is 0 Å². The maximum absolute atomic E-state index is 13.1. The standard InChI is InChI=1S/C18H14ClF3N4OS2/c1-10-4-2-5-11(8-10)23-16-25-26-17(29-16)28-9-14(27)24-15-12(18(20,21)22)6-3-7-13(15)19/h2-8H,9H2,1H3,(H,23,25)(H,24,27). The third kappa shape index (κ3) is 5.84. The summed E-state index contributed by atoms with van der Waals surface area (Å²) in [6.07, 6.45) is -4.63. The summed E-state index contributed by atoms with van der Waals surface area (Å²) in [5.41, 5.74) is 0.493. The van der Waals surface area contributed by atoms with Crippen LogP contribution in [0, 0.1) is 6.92 Å². The third-order valence-electron chi connectivity index (χ3n) is 3.59. The van der Waals surface area contributed by atoms with E-state index in [-0.39, 0.29) is 10.8 Å². The molecule has 0 unspecified atom stereocenters. The summed E-state index contributed by atoms with van der Waals surface area (Å²) < 4.78 is 39.8. The van der Waals surface area contributed by atoms with Gasteiger partial charge < -0.3 is 10.6 Å². The molecule has 0 bridgehead atoms. The molecule has 2 aromatic carbocycles. The number of nitrogens with zero attached hydrogens (tertiary/aromatic N) is 2. The Labute approximate surface area is 177 Å². The van der Waals surface area contributed by atoms with Crippen LogP contribution < -0.4 is 10.6 Å². The molecule has 0 aliphatic rings. The number of alkyl halides is 3. The summed E-state index contributed by atoms with van der Waals surface area (Å²) in [5.74, 6) is -0.765. The Bertz CT molecular complexity index is 1030. The maximum atomic E-state index is 13.1. The highest BCUT2D eigenvalue weighted by atomic mass is 35.5. The molecule has 0 atom stereocenters. The number of aromatic nitrogens is 2. The van der Waals surface area contributed by atoms with Gasteiger partial charge in [0.15, 0.2) is 4.34 Å². The molecule has 152 valence electrons. The molecule has 29 heavy (non-hydrogen) atoms. The lowest BCUT2D eigenvalue weighted by molar-refractivity contribution is -0.137. The van der Waals surface area contributed by atoms with Crippen LogP contribution in [0.3, 0.4) is 0 Å². The minimum atomic E-state index is -4.63. The van der Waals surface area contributed by atoms with Crippen LogP contribution >= 0.6 is 34.7 Å². The number of benzene rings is 2. The van der Waals surface area contributed by atoms with Gasteiger partial charge >= 0.3 is 6.18 Å². The highest BCUT2D eigenvalue weighted by molar-refractivity contribution is 8.01. The van der Waals surface area contributed by atoms with Crippen LogP contribution in [0.15, 0.2) is 46.8 Å². The number of rotatable bonds is 6. The normalized spacial score (nSPS) is 11.3. The van der Waals surface area contributed by atoms with Gasteiger partial charge in [0.25, 0.3) is 0 Å². The molecule has 2 N–H and O–H groups in total. The fourth-order valence-electron chi connectivity index (χ4n) is 2.36. The van der Waals surface area contributed by atoms with Gasteiger partial charge in [-0.25, -0.2) is 0 Å². The second-order valence-corrected chi connectivity index (χ2v) is 8.47. The highest BCUT2D eigenvalue weighted by Gasteiger charge is 2.34. The molecular weight excluding hydrogens is 445 g/mol. The zero-order valence-corrected chi connectivity index (χ0v) is 17.3. The second-order valence-electron chi connectivity index (χ2n) is 5.86. The third-order valence-corrected chi connectivity index (χ3v) is 5.87. The van der Waals surface area contributed by atoms with Crippen molar-refractivity contribution in [2.75, 3.05) is 16.4 Å². The SMILES string of the molecule is Cc1cccc(Nc2nnc(SCC(=O)Nc3c(Cl)cccc3C(F)(F)F)s2)c1. The Morgan fingerprint density at radius 3 is 2.69 bits per heavy atom. The van der Waals surface area contributed by atoms with Gasteiger partial charge in [0.05, 0.1) is 22.0 Å². The second kappa shape index (κ2) is 9.02. The van der Waals surface area contributed by atoms with Gasteiger partial charge in [0.2, 0.25) is 11.0 Å². The largest absolute Gasteiger partial charge is 0.418 e. The van der Waals surface area contributed by atoms with Crippen LogP contribution in [-0.4, -0.2) is 21.9 Å². The summed E-state index contributed by atoms with van der Waals surface area (Å²) in [7, 11) is 0. The summed E-state index contributed by atoms with van der Waals surface area (Å²) in [5, 5.41) is 13.7. The van der Waals surface area contributed by atoms with Crippen molar-refractivity contribution < 1.29 is 18.0 Å². The molecule has 1 heterocycles. The number of carbonyl (C=O) groups excluding carboxylic acids is 1. The number of halogens is 4. The minimum absolute atomic E-state index is 0.137. The Morgan fingerprint density at radius 1 is 1.21 bits per heavy atom. The summed E-state index contributed by atoms with van der Waals surface area (Å²) >= 11 is 8.14. The van der Waals surface area contributed by atoms with E-state index < -0.39 is 23.3 Å². The van der Waals surface area contributed by atoms with Crippen molar-refractivity contribution in [3.8, 4) is 0 Å². The molecular formula is C18H14ClF3N4OS2. The van der Waals surface area contributed by atoms with E-state index >= 15 is 0 Å². The van der Waals surface area contributed by atoms with E-state index in [0.717, 1.165) is 29.1 Å². The van der Waals surface area contributed by atoms with Crippen molar-refractivity contribution in [3.05, 3.63) is 58.6 Å². The molecule has 0 radical (unpaired) electrons. The molecule has 1 aromatic heterocycles.